The highest BCUT2D eigenvalue weighted by atomic mass is 16.2. The molecule has 0 saturated carbocycles. The van der Waals surface area contributed by atoms with Crippen molar-refractivity contribution in [3.63, 3.8) is 0 Å². The number of carbonyl (C=O) groups is 2. The molecular weight excluding hydrogens is 216 g/mol. The zero-order valence-corrected chi connectivity index (χ0v) is 9.61. The summed E-state index contributed by atoms with van der Waals surface area (Å²) in [6.45, 7) is 0.857. The van der Waals surface area contributed by atoms with E-state index in [-0.39, 0.29) is 24.9 Å². The van der Waals surface area contributed by atoms with Crippen LogP contribution in [0.2, 0.25) is 0 Å². The minimum absolute atomic E-state index is 0.0914. The summed E-state index contributed by atoms with van der Waals surface area (Å²) < 4.78 is 0. The van der Waals surface area contributed by atoms with Crippen molar-refractivity contribution in [3.8, 4) is 0 Å². The van der Waals surface area contributed by atoms with Crippen LogP contribution in [0.1, 0.15) is 30.1 Å². The lowest BCUT2D eigenvalue weighted by Gasteiger charge is -2.27. The van der Waals surface area contributed by atoms with Crippen molar-refractivity contribution in [3.05, 3.63) is 35.4 Å². The Balaban J connectivity index is 2.03. The molecule has 1 aromatic rings. The Morgan fingerprint density at radius 3 is 3.12 bits per heavy atom. The molecule has 2 rings (SSSR count). The number of fused-ring (bicyclic) bond motifs is 1. The first-order valence-electron chi connectivity index (χ1n) is 5.85. The van der Waals surface area contributed by atoms with Crippen LogP contribution in [0, 0.1) is 0 Å². The van der Waals surface area contributed by atoms with Gasteiger partial charge >= 0.3 is 0 Å². The van der Waals surface area contributed by atoms with E-state index in [0.717, 1.165) is 24.8 Å². The molecule has 0 saturated heterocycles. The van der Waals surface area contributed by atoms with Gasteiger partial charge in [-0.2, -0.15) is 0 Å². The van der Waals surface area contributed by atoms with Gasteiger partial charge in [-0.3, -0.25) is 10.1 Å². The number of rotatable bonds is 4. The molecule has 1 amide bonds. The predicted octanol–water partition coefficient (Wildman–Crippen LogP) is 0.926. The number of amides is 1. The number of carbonyl (C=O) groups excluding carboxylic acids is 2. The van der Waals surface area contributed by atoms with E-state index in [1.807, 2.05) is 18.2 Å². The first-order chi connectivity index (χ1) is 8.31. The SMILES string of the molecule is O=CCCC(=O)NC1NCCc2ccccc21. The summed E-state index contributed by atoms with van der Waals surface area (Å²) in [5.41, 5.74) is 2.39. The second-order valence-corrected chi connectivity index (χ2v) is 4.11. The zero-order chi connectivity index (χ0) is 12.1. The Morgan fingerprint density at radius 2 is 2.29 bits per heavy atom. The molecule has 4 nitrogen and oxygen atoms in total. The van der Waals surface area contributed by atoms with E-state index in [0.29, 0.717) is 0 Å². The molecule has 0 bridgehead atoms. The highest BCUT2D eigenvalue weighted by Gasteiger charge is 2.20. The predicted molar refractivity (Wildman–Crippen MR) is 64.3 cm³/mol. The fourth-order valence-corrected chi connectivity index (χ4v) is 2.06. The van der Waals surface area contributed by atoms with Gasteiger partial charge < -0.3 is 10.1 Å². The van der Waals surface area contributed by atoms with E-state index in [1.54, 1.807) is 0 Å². The summed E-state index contributed by atoms with van der Waals surface area (Å²) in [4.78, 5) is 21.8. The van der Waals surface area contributed by atoms with Gasteiger partial charge in [-0.05, 0) is 17.5 Å². The van der Waals surface area contributed by atoms with E-state index in [2.05, 4.69) is 16.7 Å². The Kier molecular flexibility index (Phi) is 3.88. The largest absolute Gasteiger partial charge is 0.337 e. The summed E-state index contributed by atoms with van der Waals surface area (Å²) in [5, 5.41) is 6.16. The molecule has 0 radical (unpaired) electrons. The van der Waals surface area contributed by atoms with Crippen LogP contribution in [-0.4, -0.2) is 18.7 Å². The van der Waals surface area contributed by atoms with Gasteiger partial charge in [-0.1, -0.05) is 24.3 Å². The number of nitrogens with one attached hydrogen (secondary N) is 2. The standard InChI is InChI=1S/C13H16N2O2/c16-9-3-6-12(17)15-13-11-5-2-1-4-10(11)7-8-14-13/h1-2,4-5,9,13-14H,3,6-8H2,(H,15,17). The smallest absolute Gasteiger partial charge is 0.221 e. The highest BCUT2D eigenvalue weighted by molar-refractivity contribution is 5.78. The van der Waals surface area contributed by atoms with Crippen molar-refractivity contribution >= 4 is 12.2 Å². The zero-order valence-electron chi connectivity index (χ0n) is 9.61. The molecule has 1 heterocycles. The van der Waals surface area contributed by atoms with Gasteiger partial charge in [0.25, 0.3) is 0 Å². The van der Waals surface area contributed by atoms with Gasteiger partial charge in [-0.25, -0.2) is 0 Å². The van der Waals surface area contributed by atoms with Gasteiger partial charge in [0, 0.05) is 19.4 Å². The van der Waals surface area contributed by atoms with Crippen LogP contribution in [0.3, 0.4) is 0 Å². The van der Waals surface area contributed by atoms with Crippen LogP contribution in [0.4, 0.5) is 0 Å². The van der Waals surface area contributed by atoms with Crippen LogP contribution >= 0.6 is 0 Å². The minimum Gasteiger partial charge on any atom is -0.337 e. The molecule has 1 aliphatic heterocycles. The van der Waals surface area contributed by atoms with Crippen LogP contribution < -0.4 is 10.6 Å². The molecule has 0 spiro atoms. The van der Waals surface area contributed by atoms with Gasteiger partial charge in [0.2, 0.25) is 5.91 Å². The molecule has 4 heteroatoms. The maximum absolute atomic E-state index is 11.6. The molecule has 0 aliphatic carbocycles. The maximum atomic E-state index is 11.6. The van der Waals surface area contributed by atoms with E-state index >= 15 is 0 Å². The number of benzene rings is 1. The Hall–Kier alpha value is -1.68. The van der Waals surface area contributed by atoms with E-state index < -0.39 is 0 Å². The molecule has 1 unspecified atom stereocenters. The molecule has 90 valence electrons. The van der Waals surface area contributed by atoms with Crippen molar-refractivity contribution in [1.29, 1.82) is 0 Å². The third-order valence-electron chi connectivity index (χ3n) is 2.90. The van der Waals surface area contributed by atoms with Crippen LogP contribution in [-0.2, 0) is 16.0 Å². The lowest BCUT2D eigenvalue weighted by atomic mass is 9.98. The molecular formula is C13H16N2O2. The third kappa shape index (κ3) is 2.91. The molecule has 0 fully saturated rings. The summed E-state index contributed by atoms with van der Waals surface area (Å²) >= 11 is 0. The van der Waals surface area contributed by atoms with Crippen molar-refractivity contribution < 1.29 is 9.59 Å². The van der Waals surface area contributed by atoms with E-state index in [1.165, 1.54) is 5.56 Å². The lowest BCUT2D eigenvalue weighted by Crippen LogP contribution is -2.42. The van der Waals surface area contributed by atoms with Gasteiger partial charge in [-0.15, -0.1) is 0 Å². The molecule has 1 aliphatic rings. The molecule has 2 N–H and O–H groups in total. The fraction of sp³-hybridized carbons (Fsp3) is 0.385. The Bertz CT molecular complexity index is 418. The third-order valence-corrected chi connectivity index (χ3v) is 2.90. The fourth-order valence-electron chi connectivity index (χ4n) is 2.06. The quantitative estimate of drug-likeness (QED) is 0.759. The van der Waals surface area contributed by atoms with Crippen molar-refractivity contribution in [2.45, 2.75) is 25.4 Å². The molecule has 1 atom stereocenters. The number of hydrogen-bond donors (Lipinski definition) is 2. The first kappa shape index (κ1) is 11.8. The Labute approximate surface area is 100 Å². The number of hydrogen-bond acceptors (Lipinski definition) is 3. The summed E-state index contributed by atoms with van der Waals surface area (Å²) in [6.07, 6.45) is 2.15. The summed E-state index contributed by atoms with van der Waals surface area (Å²) in [6, 6.07) is 8.08. The van der Waals surface area contributed by atoms with Gasteiger partial charge in [0.05, 0.1) is 0 Å². The van der Waals surface area contributed by atoms with E-state index in [4.69, 9.17) is 0 Å². The second-order valence-electron chi connectivity index (χ2n) is 4.11. The minimum atomic E-state index is -0.126. The monoisotopic (exact) mass is 232 g/mol. The topological polar surface area (TPSA) is 58.2 Å². The van der Waals surface area contributed by atoms with Crippen molar-refractivity contribution in [2.75, 3.05) is 6.54 Å². The Morgan fingerprint density at radius 1 is 1.47 bits per heavy atom. The normalized spacial score (nSPS) is 18.2. The molecule has 0 aromatic heterocycles. The van der Waals surface area contributed by atoms with Crippen LogP contribution in [0.25, 0.3) is 0 Å². The molecule has 17 heavy (non-hydrogen) atoms. The average molecular weight is 232 g/mol. The lowest BCUT2D eigenvalue weighted by molar-refractivity contribution is -0.123. The highest BCUT2D eigenvalue weighted by Crippen LogP contribution is 2.20. The van der Waals surface area contributed by atoms with Crippen molar-refractivity contribution in [1.82, 2.24) is 10.6 Å². The van der Waals surface area contributed by atoms with E-state index in [9.17, 15) is 9.59 Å². The molecule has 1 aromatic carbocycles. The summed E-state index contributed by atoms with van der Waals surface area (Å²) in [7, 11) is 0. The van der Waals surface area contributed by atoms with Crippen LogP contribution in [0.5, 0.6) is 0 Å². The van der Waals surface area contributed by atoms with Crippen molar-refractivity contribution in [2.24, 2.45) is 0 Å². The maximum Gasteiger partial charge on any atom is 0.221 e. The first-order valence-corrected chi connectivity index (χ1v) is 5.85. The number of aldehydes is 1. The average Bonchev–Trinajstić information content (AvgIpc) is 2.37. The van der Waals surface area contributed by atoms with Crippen LogP contribution in [0.15, 0.2) is 24.3 Å². The van der Waals surface area contributed by atoms with Gasteiger partial charge in [0.1, 0.15) is 12.5 Å². The summed E-state index contributed by atoms with van der Waals surface area (Å²) in [5.74, 6) is -0.0914. The second kappa shape index (κ2) is 5.59. The van der Waals surface area contributed by atoms with Gasteiger partial charge in [0.15, 0.2) is 0 Å².